The number of nitrogens with one attached hydrogen (secondary N) is 1. The van der Waals surface area contributed by atoms with Crippen LogP contribution in [-0.2, 0) is 0 Å². The van der Waals surface area contributed by atoms with Gasteiger partial charge in [-0.3, -0.25) is 4.90 Å². The fourth-order valence-electron chi connectivity index (χ4n) is 1.58. The molecule has 1 aliphatic rings. The number of nitrogens with zero attached hydrogens (tertiary/aromatic N) is 2. The van der Waals surface area contributed by atoms with E-state index in [2.05, 4.69) is 35.5 Å². The van der Waals surface area contributed by atoms with Crippen molar-refractivity contribution in [3.05, 3.63) is 6.54 Å². The van der Waals surface area contributed by atoms with Gasteiger partial charge in [0.05, 0.1) is 0 Å². The van der Waals surface area contributed by atoms with Gasteiger partial charge in [-0.25, -0.2) is 0 Å². The summed E-state index contributed by atoms with van der Waals surface area (Å²) >= 11 is 0. The van der Waals surface area contributed by atoms with Gasteiger partial charge in [-0.15, -0.1) is 0 Å². The Kier molecular flexibility index (Phi) is 5.35. The van der Waals surface area contributed by atoms with E-state index >= 15 is 0 Å². The smallest absolute Gasteiger partial charge is 0.0392 e. The zero-order valence-electron chi connectivity index (χ0n) is 8.92. The van der Waals surface area contributed by atoms with Gasteiger partial charge in [-0.05, 0) is 13.1 Å². The molecule has 0 atom stereocenters. The highest BCUT2D eigenvalue weighted by Gasteiger charge is 2.10. The van der Waals surface area contributed by atoms with Crippen LogP contribution in [-0.4, -0.2) is 55.6 Å². The molecule has 0 unspecified atom stereocenters. The Hall–Kier alpha value is -0.120. The maximum atomic E-state index is 3.36. The molecule has 13 heavy (non-hydrogen) atoms. The third-order valence-electron chi connectivity index (χ3n) is 2.64. The van der Waals surface area contributed by atoms with Gasteiger partial charge in [-0.2, -0.15) is 0 Å². The van der Waals surface area contributed by atoms with Crippen molar-refractivity contribution in [1.82, 2.24) is 15.1 Å². The highest BCUT2D eigenvalue weighted by molar-refractivity contribution is 4.77. The van der Waals surface area contributed by atoms with Gasteiger partial charge in [0.15, 0.2) is 0 Å². The van der Waals surface area contributed by atoms with E-state index in [1.165, 1.54) is 13.1 Å². The third-order valence-corrected chi connectivity index (χ3v) is 2.64. The monoisotopic (exact) mass is 184 g/mol. The van der Waals surface area contributed by atoms with Crippen LogP contribution in [0.25, 0.3) is 0 Å². The minimum atomic E-state index is 1.10. The second-order valence-electron chi connectivity index (χ2n) is 3.45. The summed E-state index contributed by atoms with van der Waals surface area (Å²) in [7, 11) is 0. The lowest BCUT2D eigenvalue weighted by atomic mass is 10.3. The standard InChI is InChI=1S/C10H22N3/c1-3-12(4-2)9-10-13-7-5-11-6-8-13/h10-11H,3-9H2,1-2H3. The summed E-state index contributed by atoms with van der Waals surface area (Å²) in [4.78, 5) is 4.86. The first kappa shape index (κ1) is 11.0. The fourth-order valence-corrected chi connectivity index (χ4v) is 1.58. The fraction of sp³-hybridized carbons (Fsp3) is 0.900. The summed E-state index contributed by atoms with van der Waals surface area (Å²) < 4.78 is 0. The molecule has 0 aliphatic carbocycles. The number of rotatable bonds is 5. The molecule has 3 heteroatoms. The van der Waals surface area contributed by atoms with E-state index in [-0.39, 0.29) is 0 Å². The predicted octanol–water partition coefficient (Wildman–Crippen LogP) is 0.395. The molecule has 1 aliphatic heterocycles. The molecule has 0 amide bonds. The van der Waals surface area contributed by atoms with Gasteiger partial charge in [0.1, 0.15) is 0 Å². The lowest BCUT2D eigenvalue weighted by molar-refractivity contribution is 0.239. The Balaban J connectivity index is 2.09. The van der Waals surface area contributed by atoms with Crippen molar-refractivity contribution in [2.45, 2.75) is 13.8 Å². The average molecular weight is 184 g/mol. The van der Waals surface area contributed by atoms with Crippen molar-refractivity contribution in [2.24, 2.45) is 0 Å². The third kappa shape index (κ3) is 4.07. The van der Waals surface area contributed by atoms with Crippen molar-refractivity contribution in [1.29, 1.82) is 0 Å². The van der Waals surface area contributed by atoms with Crippen LogP contribution in [0.1, 0.15) is 13.8 Å². The quantitative estimate of drug-likeness (QED) is 0.667. The van der Waals surface area contributed by atoms with Crippen molar-refractivity contribution >= 4 is 0 Å². The lowest BCUT2D eigenvalue weighted by Gasteiger charge is -2.29. The van der Waals surface area contributed by atoms with E-state index in [0.29, 0.717) is 0 Å². The Morgan fingerprint density at radius 3 is 2.38 bits per heavy atom. The number of likely N-dealkylation sites (N-methyl/N-ethyl adjacent to an activating group) is 1. The first-order chi connectivity index (χ1) is 6.36. The van der Waals surface area contributed by atoms with Crippen molar-refractivity contribution < 1.29 is 0 Å². The molecule has 0 aromatic heterocycles. The molecular weight excluding hydrogens is 162 g/mol. The van der Waals surface area contributed by atoms with E-state index in [9.17, 15) is 0 Å². The topological polar surface area (TPSA) is 18.5 Å². The van der Waals surface area contributed by atoms with Crippen LogP contribution in [0, 0.1) is 6.54 Å². The van der Waals surface area contributed by atoms with Crippen LogP contribution >= 0.6 is 0 Å². The van der Waals surface area contributed by atoms with Crippen LogP contribution in [0.4, 0.5) is 0 Å². The first-order valence-electron chi connectivity index (χ1n) is 5.37. The molecule has 0 saturated carbocycles. The van der Waals surface area contributed by atoms with Gasteiger partial charge in [0.25, 0.3) is 0 Å². The lowest BCUT2D eigenvalue weighted by Crippen LogP contribution is -2.43. The molecule has 1 rings (SSSR count). The van der Waals surface area contributed by atoms with E-state index in [0.717, 1.165) is 32.7 Å². The van der Waals surface area contributed by atoms with Crippen molar-refractivity contribution in [2.75, 3.05) is 45.8 Å². The predicted molar refractivity (Wildman–Crippen MR) is 56.5 cm³/mol. The summed E-state index contributed by atoms with van der Waals surface area (Å²) in [6.45, 7) is 14.8. The zero-order chi connectivity index (χ0) is 9.52. The molecule has 0 aromatic rings. The molecular formula is C10H22N3. The summed E-state index contributed by atoms with van der Waals surface area (Å²) in [5.74, 6) is 0. The largest absolute Gasteiger partial charge is 0.314 e. The minimum absolute atomic E-state index is 1.10. The molecule has 77 valence electrons. The first-order valence-corrected chi connectivity index (χ1v) is 5.37. The Morgan fingerprint density at radius 1 is 1.23 bits per heavy atom. The maximum Gasteiger partial charge on any atom is 0.0392 e. The minimum Gasteiger partial charge on any atom is -0.314 e. The van der Waals surface area contributed by atoms with Gasteiger partial charge < -0.3 is 10.2 Å². The summed E-state index contributed by atoms with van der Waals surface area (Å²) in [6, 6.07) is 0. The van der Waals surface area contributed by atoms with Gasteiger partial charge in [0.2, 0.25) is 0 Å². The summed E-state index contributed by atoms with van der Waals surface area (Å²) in [5.41, 5.74) is 0. The summed E-state index contributed by atoms with van der Waals surface area (Å²) in [6.07, 6.45) is 0. The molecule has 0 aromatic carbocycles. The zero-order valence-corrected chi connectivity index (χ0v) is 8.92. The molecule has 1 radical (unpaired) electrons. The second kappa shape index (κ2) is 6.35. The van der Waals surface area contributed by atoms with Crippen LogP contribution in [0.5, 0.6) is 0 Å². The van der Waals surface area contributed by atoms with Gasteiger partial charge in [0, 0.05) is 39.3 Å². The van der Waals surface area contributed by atoms with Crippen LogP contribution in [0.15, 0.2) is 0 Å². The van der Waals surface area contributed by atoms with E-state index in [1.807, 2.05) is 0 Å². The molecule has 0 bridgehead atoms. The number of hydrogen-bond donors (Lipinski definition) is 1. The SMILES string of the molecule is CCN(CC)C[CH]N1CCNCC1. The number of piperazine rings is 1. The van der Waals surface area contributed by atoms with Gasteiger partial charge in [-0.1, -0.05) is 13.8 Å². The van der Waals surface area contributed by atoms with Gasteiger partial charge >= 0.3 is 0 Å². The van der Waals surface area contributed by atoms with Crippen molar-refractivity contribution in [3.63, 3.8) is 0 Å². The molecule has 1 saturated heterocycles. The van der Waals surface area contributed by atoms with Crippen LogP contribution < -0.4 is 5.32 Å². The highest BCUT2D eigenvalue weighted by Crippen LogP contribution is 1.98. The second-order valence-corrected chi connectivity index (χ2v) is 3.45. The molecule has 1 N–H and O–H groups in total. The maximum absolute atomic E-state index is 3.36. The van der Waals surface area contributed by atoms with E-state index in [4.69, 9.17) is 0 Å². The van der Waals surface area contributed by atoms with Crippen molar-refractivity contribution in [3.8, 4) is 0 Å². The molecule has 1 heterocycles. The van der Waals surface area contributed by atoms with E-state index in [1.54, 1.807) is 0 Å². The molecule has 1 fully saturated rings. The number of hydrogen-bond acceptors (Lipinski definition) is 3. The Labute approximate surface area is 82.1 Å². The summed E-state index contributed by atoms with van der Waals surface area (Å²) in [5, 5.41) is 3.36. The molecule has 3 nitrogen and oxygen atoms in total. The highest BCUT2D eigenvalue weighted by atomic mass is 15.2. The van der Waals surface area contributed by atoms with Crippen LogP contribution in [0.3, 0.4) is 0 Å². The Morgan fingerprint density at radius 2 is 1.85 bits per heavy atom. The average Bonchev–Trinajstić information content (AvgIpc) is 2.21. The van der Waals surface area contributed by atoms with E-state index < -0.39 is 0 Å². The Bertz CT molecular complexity index is 117. The normalized spacial score (nSPS) is 19.6. The van der Waals surface area contributed by atoms with Crippen LogP contribution in [0.2, 0.25) is 0 Å². The molecule has 0 spiro atoms.